The molecular weight excluding hydrogens is 320 g/mol. The van der Waals surface area contributed by atoms with E-state index in [1.165, 1.54) is 0 Å². The van der Waals surface area contributed by atoms with Crippen LogP contribution in [0.2, 0.25) is 0 Å². The van der Waals surface area contributed by atoms with Crippen LogP contribution >= 0.6 is 0 Å². The number of carbonyl (C=O) groups is 2. The monoisotopic (exact) mass is 342 g/mol. The van der Waals surface area contributed by atoms with Crippen molar-refractivity contribution in [3.8, 4) is 5.75 Å². The molecule has 132 valence electrons. The number of benzene rings is 1. The number of carbonyl (C=O) groups excluding carboxylic acids is 2. The summed E-state index contributed by atoms with van der Waals surface area (Å²) in [5, 5.41) is 2.89. The molecule has 2 aromatic rings. The topological polar surface area (TPSA) is 76.5 Å². The van der Waals surface area contributed by atoms with E-state index >= 15 is 0 Å². The molecule has 0 radical (unpaired) electrons. The smallest absolute Gasteiger partial charge is 0.267 e. The molecule has 25 heavy (non-hydrogen) atoms. The number of nitrogens with one attached hydrogen (secondary N) is 1. The Kier molecular flexibility index (Phi) is 5.33. The molecular formula is C18H22N4O3. The fourth-order valence-electron chi connectivity index (χ4n) is 2.80. The van der Waals surface area contributed by atoms with E-state index < -0.39 is 6.10 Å². The van der Waals surface area contributed by atoms with Crippen LogP contribution in [0.25, 0.3) is 0 Å². The maximum absolute atomic E-state index is 12.4. The Hall–Kier alpha value is -2.83. The second kappa shape index (κ2) is 7.83. The fraction of sp³-hybridized carbons (Fsp3) is 0.389. The van der Waals surface area contributed by atoms with Gasteiger partial charge in [0.15, 0.2) is 6.10 Å². The summed E-state index contributed by atoms with van der Waals surface area (Å²) >= 11 is 0. The summed E-state index contributed by atoms with van der Waals surface area (Å²) < 4.78 is 7.57. The number of amides is 2. The van der Waals surface area contributed by atoms with Crippen LogP contribution in [-0.4, -0.2) is 40.6 Å². The second-order valence-electron chi connectivity index (χ2n) is 5.97. The van der Waals surface area contributed by atoms with Gasteiger partial charge >= 0.3 is 0 Å². The molecule has 0 unspecified atom stereocenters. The summed E-state index contributed by atoms with van der Waals surface area (Å²) in [6, 6.07) is 7.39. The quantitative estimate of drug-likeness (QED) is 0.776. The lowest BCUT2D eigenvalue weighted by molar-refractivity contribution is -0.125. The predicted molar refractivity (Wildman–Crippen MR) is 93.4 cm³/mol. The molecule has 0 bridgehead atoms. The normalized spacial score (nSPS) is 16.3. The van der Waals surface area contributed by atoms with Crippen LogP contribution in [0.3, 0.4) is 0 Å². The molecule has 0 saturated heterocycles. The maximum atomic E-state index is 12.4. The van der Waals surface area contributed by atoms with E-state index in [4.69, 9.17) is 4.74 Å². The van der Waals surface area contributed by atoms with Crippen LogP contribution in [0, 0.1) is 0 Å². The zero-order valence-electron chi connectivity index (χ0n) is 14.2. The Balaban J connectivity index is 1.47. The highest BCUT2D eigenvalue weighted by Crippen LogP contribution is 2.33. The number of aromatic nitrogens is 2. The van der Waals surface area contributed by atoms with Gasteiger partial charge in [-0.2, -0.15) is 0 Å². The number of hydrogen-bond acceptors (Lipinski definition) is 4. The zero-order chi connectivity index (χ0) is 17.6. The number of fused-ring (bicyclic) bond motifs is 1. The third-order valence-electron chi connectivity index (χ3n) is 4.11. The lowest BCUT2D eigenvalue weighted by Crippen LogP contribution is -2.45. The number of anilines is 1. The van der Waals surface area contributed by atoms with Crippen molar-refractivity contribution in [3.63, 3.8) is 0 Å². The van der Waals surface area contributed by atoms with Gasteiger partial charge in [0.2, 0.25) is 5.91 Å². The summed E-state index contributed by atoms with van der Waals surface area (Å²) in [6.45, 7) is 3.48. The Bertz CT molecular complexity index is 730. The number of rotatable bonds is 7. The van der Waals surface area contributed by atoms with E-state index in [-0.39, 0.29) is 18.2 Å². The minimum atomic E-state index is -0.534. The first-order valence-corrected chi connectivity index (χ1v) is 8.44. The first-order valence-electron chi connectivity index (χ1n) is 8.44. The van der Waals surface area contributed by atoms with Crippen molar-refractivity contribution in [2.45, 2.75) is 32.4 Å². The third-order valence-corrected chi connectivity index (χ3v) is 4.11. The molecule has 0 fully saturated rings. The van der Waals surface area contributed by atoms with Crippen molar-refractivity contribution in [1.82, 2.24) is 14.9 Å². The van der Waals surface area contributed by atoms with Gasteiger partial charge in [0.1, 0.15) is 5.75 Å². The summed E-state index contributed by atoms with van der Waals surface area (Å²) in [7, 11) is 0. The lowest BCUT2D eigenvalue weighted by atomic mass is 10.1. The zero-order valence-corrected chi connectivity index (χ0v) is 14.2. The van der Waals surface area contributed by atoms with E-state index in [1.54, 1.807) is 24.3 Å². The first-order chi connectivity index (χ1) is 12.1. The summed E-state index contributed by atoms with van der Waals surface area (Å²) in [6.07, 6.45) is 5.94. The van der Waals surface area contributed by atoms with Crippen LogP contribution < -0.4 is 15.0 Å². The van der Waals surface area contributed by atoms with Gasteiger partial charge < -0.3 is 19.5 Å². The number of imidazole rings is 1. The minimum Gasteiger partial charge on any atom is -0.479 e. The van der Waals surface area contributed by atoms with E-state index in [9.17, 15) is 9.59 Å². The Morgan fingerprint density at radius 2 is 2.16 bits per heavy atom. The molecule has 1 aliphatic rings. The fourth-order valence-corrected chi connectivity index (χ4v) is 2.80. The van der Waals surface area contributed by atoms with Gasteiger partial charge in [-0.1, -0.05) is 12.1 Å². The molecule has 2 amide bonds. The molecule has 1 atom stereocenters. The second-order valence-corrected chi connectivity index (χ2v) is 5.97. The Morgan fingerprint density at radius 3 is 2.96 bits per heavy atom. The van der Waals surface area contributed by atoms with Crippen LogP contribution in [0.4, 0.5) is 5.69 Å². The van der Waals surface area contributed by atoms with E-state index in [0.717, 1.165) is 18.7 Å². The number of para-hydroxylation sites is 2. The first kappa shape index (κ1) is 17.0. The van der Waals surface area contributed by atoms with Crippen molar-refractivity contribution < 1.29 is 14.3 Å². The minimum absolute atomic E-state index is 0.0601. The van der Waals surface area contributed by atoms with Gasteiger partial charge in [0.25, 0.3) is 5.91 Å². The molecule has 0 spiro atoms. The van der Waals surface area contributed by atoms with E-state index in [0.29, 0.717) is 18.8 Å². The van der Waals surface area contributed by atoms with Gasteiger partial charge in [-0.25, -0.2) is 4.98 Å². The van der Waals surface area contributed by atoms with E-state index in [2.05, 4.69) is 10.3 Å². The van der Waals surface area contributed by atoms with Crippen LogP contribution in [0.5, 0.6) is 5.75 Å². The number of ether oxygens (including phenoxy) is 1. The van der Waals surface area contributed by atoms with Gasteiger partial charge in [-0.05, 0) is 25.5 Å². The molecule has 3 rings (SSSR count). The average molecular weight is 342 g/mol. The number of aryl methyl sites for hydroxylation is 1. The highest BCUT2D eigenvalue weighted by atomic mass is 16.5. The van der Waals surface area contributed by atoms with Crippen molar-refractivity contribution in [2.75, 3.05) is 18.0 Å². The number of hydrogen-bond donors (Lipinski definition) is 1. The van der Waals surface area contributed by atoms with Crippen LogP contribution in [0.15, 0.2) is 43.0 Å². The molecule has 0 aliphatic carbocycles. The van der Waals surface area contributed by atoms with Crippen molar-refractivity contribution in [1.29, 1.82) is 0 Å². The van der Waals surface area contributed by atoms with Gasteiger partial charge in [0.05, 0.1) is 12.0 Å². The van der Waals surface area contributed by atoms with Gasteiger partial charge in [-0.3, -0.25) is 9.59 Å². The summed E-state index contributed by atoms with van der Waals surface area (Å²) in [5.41, 5.74) is 0.721. The van der Waals surface area contributed by atoms with E-state index in [1.807, 2.05) is 35.0 Å². The van der Waals surface area contributed by atoms with Crippen molar-refractivity contribution >= 4 is 17.5 Å². The summed E-state index contributed by atoms with van der Waals surface area (Å²) in [5.74, 6) is 0.497. The average Bonchev–Trinajstić information content (AvgIpc) is 3.12. The molecule has 7 nitrogen and oxygen atoms in total. The van der Waals surface area contributed by atoms with Crippen LogP contribution in [-0.2, 0) is 16.1 Å². The third kappa shape index (κ3) is 4.17. The molecule has 7 heteroatoms. The molecule has 1 aromatic carbocycles. The van der Waals surface area contributed by atoms with Gasteiger partial charge in [0, 0.05) is 38.4 Å². The largest absolute Gasteiger partial charge is 0.479 e. The molecule has 1 aromatic heterocycles. The molecule has 0 saturated carbocycles. The lowest BCUT2D eigenvalue weighted by Gasteiger charge is -2.32. The van der Waals surface area contributed by atoms with Crippen molar-refractivity contribution in [2.24, 2.45) is 0 Å². The summed E-state index contributed by atoms with van der Waals surface area (Å²) in [4.78, 5) is 30.0. The Morgan fingerprint density at radius 1 is 1.32 bits per heavy atom. The molecule has 1 N–H and O–H groups in total. The van der Waals surface area contributed by atoms with Crippen LogP contribution in [0.1, 0.15) is 19.8 Å². The molecule has 1 aliphatic heterocycles. The molecule has 2 heterocycles. The SMILES string of the molecule is C[C@@H]1Oc2ccccc2N(CCC(=O)NCCCn2ccnc2)C1=O. The van der Waals surface area contributed by atoms with Crippen molar-refractivity contribution in [3.05, 3.63) is 43.0 Å². The number of nitrogens with zero attached hydrogens (tertiary/aromatic N) is 3. The predicted octanol–water partition coefficient (Wildman–Crippen LogP) is 1.59. The highest BCUT2D eigenvalue weighted by molar-refractivity contribution is 6.00. The highest BCUT2D eigenvalue weighted by Gasteiger charge is 2.31. The maximum Gasteiger partial charge on any atom is 0.267 e. The van der Waals surface area contributed by atoms with Gasteiger partial charge in [-0.15, -0.1) is 0 Å². The standard InChI is InChI=1S/C18H22N4O3/c1-14-18(24)22(15-5-2-3-6-16(15)25-14)11-7-17(23)20-8-4-10-21-12-9-19-13-21/h2-3,5-6,9,12-14H,4,7-8,10-11H2,1H3,(H,20,23)/t14-/m0/s1. The Labute approximate surface area is 146 Å².